The lowest BCUT2D eigenvalue weighted by Gasteiger charge is -2.10. The molecule has 1 aromatic rings. The van der Waals surface area contributed by atoms with Crippen LogP contribution in [0, 0.1) is 0 Å². The Labute approximate surface area is 85.5 Å². The fourth-order valence-electron chi connectivity index (χ4n) is 1.55. The number of hydrogen-bond acceptors (Lipinski definition) is 3. The molecule has 14 heavy (non-hydrogen) atoms. The summed E-state index contributed by atoms with van der Waals surface area (Å²) < 4.78 is 1.95. The van der Waals surface area contributed by atoms with Gasteiger partial charge in [0.15, 0.2) is 0 Å². The van der Waals surface area contributed by atoms with Gasteiger partial charge in [-0.1, -0.05) is 20.3 Å². The zero-order valence-electron chi connectivity index (χ0n) is 9.11. The Morgan fingerprint density at radius 2 is 2.21 bits per heavy atom. The summed E-state index contributed by atoms with van der Waals surface area (Å²) in [5.74, 6) is 1.02. The van der Waals surface area contributed by atoms with Crippen molar-refractivity contribution < 1.29 is 0 Å². The first-order valence-corrected chi connectivity index (χ1v) is 5.40. The molecule has 4 nitrogen and oxygen atoms in total. The van der Waals surface area contributed by atoms with Gasteiger partial charge in [0, 0.05) is 19.0 Å². The fourth-order valence-corrected chi connectivity index (χ4v) is 1.55. The highest BCUT2D eigenvalue weighted by Crippen LogP contribution is 2.03. The molecule has 0 aliphatic heterocycles. The molecular formula is C10H20N4. The molecule has 0 aliphatic carbocycles. The van der Waals surface area contributed by atoms with Crippen LogP contribution < -0.4 is 5.73 Å². The summed E-state index contributed by atoms with van der Waals surface area (Å²) >= 11 is 0. The van der Waals surface area contributed by atoms with Crippen molar-refractivity contribution in [1.82, 2.24) is 14.8 Å². The second-order valence-corrected chi connectivity index (χ2v) is 3.65. The Balaban J connectivity index is 2.52. The lowest BCUT2D eigenvalue weighted by atomic mass is 10.1. The van der Waals surface area contributed by atoms with E-state index >= 15 is 0 Å². The molecule has 0 saturated carbocycles. The Morgan fingerprint density at radius 1 is 1.43 bits per heavy atom. The summed E-state index contributed by atoms with van der Waals surface area (Å²) in [5.41, 5.74) is 5.96. The summed E-state index contributed by atoms with van der Waals surface area (Å²) in [5, 5.41) is 4.17. The summed E-state index contributed by atoms with van der Waals surface area (Å²) in [6.45, 7) is 5.22. The van der Waals surface area contributed by atoms with Crippen LogP contribution in [0.1, 0.15) is 38.9 Å². The van der Waals surface area contributed by atoms with Crippen LogP contribution >= 0.6 is 0 Å². The molecule has 0 saturated heterocycles. The van der Waals surface area contributed by atoms with Crippen molar-refractivity contribution in [2.24, 2.45) is 5.73 Å². The van der Waals surface area contributed by atoms with Crippen LogP contribution in [0.25, 0.3) is 0 Å². The predicted molar refractivity (Wildman–Crippen MR) is 56.9 cm³/mol. The summed E-state index contributed by atoms with van der Waals surface area (Å²) in [6.07, 6.45) is 5.72. The van der Waals surface area contributed by atoms with E-state index in [4.69, 9.17) is 5.73 Å². The van der Waals surface area contributed by atoms with Gasteiger partial charge in [0.1, 0.15) is 12.2 Å². The van der Waals surface area contributed by atoms with Gasteiger partial charge >= 0.3 is 0 Å². The number of nitrogens with zero attached hydrogens (tertiary/aromatic N) is 3. The molecule has 80 valence electrons. The lowest BCUT2D eigenvalue weighted by Crippen LogP contribution is -2.24. The van der Waals surface area contributed by atoms with E-state index in [-0.39, 0.29) is 6.04 Å². The Bertz CT molecular complexity index is 256. The molecule has 0 aliphatic rings. The molecule has 1 heterocycles. The second kappa shape index (κ2) is 5.75. The normalized spacial score (nSPS) is 13.1. The van der Waals surface area contributed by atoms with Crippen LogP contribution in [0.2, 0.25) is 0 Å². The Hall–Kier alpha value is -0.900. The molecule has 4 heteroatoms. The highest BCUT2D eigenvalue weighted by molar-refractivity contribution is 4.88. The van der Waals surface area contributed by atoms with Crippen molar-refractivity contribution in [2.45, 2.75) is 52.1 Å². The number of aromatic nitrogens is 3. The van der Waals surface area contributed by atoms with Gasteiger partial charge in [0.05, 0.1) is 0 Å². The number of rotatable bonds is 6. The molecule has 0 spiro atoms. The molecule has 1 rings (SSSR count). The van der Waals surface area contributed by atoms with Gasteiger partial charge in [-0.3, -0.25) is 4.68 Å². The van der Waals surface area contributed by atoms with Crippen molar-refractivity contribution in [3.8, 4) is 0 Å². The first-order valence-electron chi connectivity index (χ1n) is 5.40. The van der Waals surface area contributed by atoms with E-state index in [2.05, 4.69) is 23.9 Å². The average Bonchev–Trinajstić information content (AvgIpc) is 2.54. The SMILES string of the molecule is CCCC(N)Cc1ncnn1CCC. The van der Waals surface area contributed by atoms with Crippen LogP contribution in [-0.4, -0.2) is 20.8 Å². The third kappa shape index (κ3) is 3.10. The minimum Gasteiger partial charge on any atom is -0.327 e. The minimum atomic E-state index is 0.222. The highest BCUT2D eigenvalue weighted by Gasteiger charge is 2.08. The molecule has 1 aromatic heterocycles. The van der Waals surface area contributed by atoms with E-state index in [1.807, 2.05) is 4.68 Å². The van der Waals surface area contributed by atoms with Gasteiger partial charge in [-0.05, 0) is 12.8 Å². The molecule has 0 aromatic carbocycles. The van der Waals surface area contributed by atoms with Crippen molar-refractivity contribution in [3.63, 3.8) is 0 Å². The van der Waals surface area contributed by atoms with E-state index in [0.717, 1.165) is 38.1 Å². The maximum absolute atomic E-state index is 5.96. The third-order valence-electron chi connectivity index (χ3n) is 2.24. The molecular weight excluding hydrogens is 176 g/mol. The van der Waals surface area contributed by atoms with Crippen LogP contribution in [0.4, 0.5) is 0 Å². The van der Waals surface area contributed by atoms with Crippen LogP contribution in [0.3, 0.4) is 0 Å². The zero-order valence-corrected chi connectivity index (χ0v) is 9.11. The van der Waals surface area contributed by atoms with Crippen molar-refractivity contribution >= 4 is 0 Å². The molecule has 0 fully saturated rings. The van der Waals surface area contributed by atoms with Crippen LogP contribution in [0.5, 0.6) is 0 Å². The summed E-state index contributed by atoms with van der Waals surface area (Å²) in [7, 11) is 0. The number of aryl methyl sites for hydroxylation is 1. The third-order valence-corrected chi connectivity index (χ3v) is 2.24. The first kappa shape index (κ1) is 11.2. The smallest absolute Gasteiger partial charge is 0.138 e. The largest absolute Gasteiger partial charge is 0.327 e. The fraction of sp³-hybridized carbons (Fsp3) is 0.800. The van der Waals surface area contributed by atoms with Gasteiger partial charge < -0.3 is 5.73 Å². The Kier molecular flexibility index (Phi) is 4.59. The lowest BCUT2D eigenvalue weighted by molar-refractivity contribution is 0.524. The van der Waals surface area contributed by atoms with E-state index in [9.17, 15) is 0 Å². The number of hydrogen-bond donors (Lipinski definition) is 1. The standard InChI is InChI=1S/C10H20N4/c1-3-5-9(11)7-10-12-8-13-14(10)6-4-2/h8-9H,3-7,11H2,1-2H3. The van der Waals surface area contributed by atoms with Crippen LogP contribution in [-0.2, 0) is 13.0 Å². The molecule has 2 N–H and O–H groups in total. The second-order valence-electron chi connectivity index (χ2n) is 3.65. The molecule has 0 radical (unpaired) electrons. The van der Waals surface area contributed by atoms with Gasteiger partial charge in [-0.2, -0.15) is 5.10 Å². The van der Waals surface area contributed by atoms with Gasteiger partial charge in [0.2, 0.25) is 0 Å². The molecule has 1 atom stereocenters. The van der Waals surface area contributed by atoms with Gasteiger partial charge in [-0.25, -0.2) is 4.98 Å². The monoisotopic (exact) mass is 196 g/mol. The Morgan fingerprint density at radius 3 is 2.86 bits per heavy atom. The quantitative estimate of drug-likeness (QED) is 0.747. The van der Waals surface area contributed by atoms with Crippen molar-refractivity contribution in [1.29, 1.82) is 0 Å². The highest BCUT2D eigenvalue weighted by atomic mass is 15.3. The van der Waals surface area contributed by atoms with E-state index in [0.29, 0.717) is 0 Å². The van der Waals surface area contributed by atoms with Crippen molar-refractivity contribution in [2.75, 3.05) is 0 Å². The van der Waals surface area contributed by atoms with Crippen molar-refractivity contribution in [3.05, 3.63) is 12.2 Å². The van der Waals surface area contributed by atoms with Gasteiger partial charge in [-0.15, -0.1) is 0 Å². The van der Waals surface area contributed by atoms with E-state index in [1.54, 1.807) is 6.33 Å². The first-order chi connectivity index (χ1) is 6.77. The average molecular weight is 196 g/mol. The molecule has 0 amide bonds. The van der Waals surface area contributed by atoms with E-state index in [1.165, 1.54) is 0 Å². The molecule has 0 bridgehead atoms. The zero-order chi connectivity index (χ0) is 10.4. The maximum atomic E-state index is 5.96. The summed E-state index contributed by atoms with van der Waals surface area (Å²) in [4.78, 5) is 4.23. The molecule has 1 unspecified atom stereocenters. The topological polar surface area (TPSA) is 56.7 Å². The van der Waals surface area contributed by atoms with Gasteiger partial charge in [0.25, 0.3) is 0 Å². The van der Waals surface area contributed by atoms with Crippen LogP contribution in [0.15, 0.2) is 6.33 Å². The minimum absolute atomic E-state index is 0.222. The summed E-state index contributed by atoms with van der Waals surface area (Å²) in [6, 6.07) is 0.222. The predicted octanol–water partition coefficient (Wildman–Crippen LogP) is 1.36. The number of nitrogens with two attached hydrogens (primary N) is 1. The van der Waals surface area contributed by atoms with E-state index < -0.39 is 0 Å². The maximum Gasteiger partial charge on any atom is 0.138 e.